The summed E-state index contributed by atoms with van der Waals surface area (Å²) >= 11 is 1.28. The number of nitrogens with one attached hydrogen (secondary N) is 2. The molecule has 9 heteroatoms. The summed E-state index contributed by atoms with van der Waals surface area (Å²) in [5.74, 6) is -0.756. The fourth-order valence-electron chi connectivity index (χ4n) is 2.37. The van der Waals surface area contributed by atoms with Gasteiger partial charge in [-0.3, -0.25) is 19.4 Å². The summed E-state index contributed by atoms with van der Waals surface area (Å²) in [6.45, 7) is 1.60. The third kappa shape index (κ3) is 4.85. The Morgan fingerprint density at radius 3 is 2.74 bits per heavy atom. The van der Waals surface area contributed by atoms with Crippen LogP contribution >= 0.6 is 11.3 Å². The Bertz CT molecular complexity index is 986. The number of nitrogens with zero attached hydrogens (tertiary/aromatic N) is 3. The zero-order valence-corrected chi connectivity index (χ0v) is 15.3. The van der Waals surface area contributed by atoms with E-state index in [4.69, 9.17) is 0 Å². The Kier molecular flexibility index (Phi) is 5.72. The maximum atomic E-state index is 12.5. The summed E-state index contributed by atoms with van der Waals surface area (Å²) in [6.07, 6.45) is 4.59. The van der Waals surface area contributed by atoms with Crippen LogP contribution in [0.1, 0.15) is 29.0 Å². The molecular formula is C18H17N5O3S. The molecule has 3 aromatic heterocycles. The van der Waals surface area contributed by atoms with Gasteiger partial charge in [0.05, 0.1) is 17.3 Å². The smallest absolute Gasteiger partial charge is 0.253 e. The highest BCUT2D eigenvalue weighted by Crippen LogP contribution is 2.11. The first kappa shape index (κ1) is 18.5. The van der Waals surface area contributed by atoms with Gasteiger partial charge in [-0.15, -0.1) is 11.3 Å². The molecule has 0 spiro atoms. The molecule has 0 saturated carbocycles. The molecule has 0 unspecified atom stereocenters. The summed E-state index contributed by atoms with van der Waals surface area (Å²) in [5.41, 5.74) is 0.625. The van der Waals surface area contributed by atoms with Crippen LogP contribution in [0, 0.1) is 0 Å². The molecule has 0 saturated heterocycles. The largest absolute Gasteiger partial charge is 0.344 e. The predicted molar refractivity (Wildman–Crippen MR) is 102 cm³/mol. The first-order valence-electron chi connectivity index (χ1n) is 8.14. The molecule has 0 aromatic carbocycles. The Hall–Kier alpha value is -3.33. The van der Waals surface area contributed by atoms with Gasteiger partial charge < -0.3 is 15.2 Å². The second kappa shape index (κ2) is 8.37. The molecule has 138 valence electrons. The minimum absolute atomic E-state index is 0.213. The van der Waals surface area contributed by atoms with E-state index >= 15 is 0 Å². The van der Waals surface area contributed by atoms with E-state index in [2.05, 4.69) is 20.6 Å². The van der Waals surface area contributed by atoms with Crippen LogP contribution in [0.2, 0.25) is 0 Å². The molecule has 1 atom stereocenters. The first-order valence-corrected chi connectivity index (χ1v) is 9.02. The molecule has 2 N–H and O–H groups in total. The number of aromatic nitrogens is 3. The van der Waals surface area contributed by atoms with Gasteiger partial charge in [0.15, 0.2) is 5.13 Å². The standard InChI is InChI=1S/C18H17N5O3S/c1-12(14-4-2-3-7-19-14)21-17(26)13-5-6-16(25)23(10-13)11-15(24)22-18-20-8-9-27-18/h2-10,12H,11H2,1H3,(H,21,26)(H,20,22,24)/t12-/m1/s1. The lowest BCUT2D eigenvalue weighted by atomic mass is 10.2. The minimum atomic E-state index is -0.397. The van der Waals surface area contributed by atoms with Crippen molar-refractivity contribution in [3.63, 3.8) is 0 Å². The molecular weight excluding hydrogens is 366 g/mol. The zero-order chi connectivity index (χ0) is 19.2. The number of anilines is 1. The molecule has 3 rings (SSSR count). The molecule has 0 aliphatic rings. The van der Waals surface area contributed by atoms with Crippen molar-refractivity contribution in [1.29, 1.82) is 0 Å². The Morgan fingerprint density at radius 2 is 2.04 bits per heavy atom. The van der Waals surface area contributed by atoms with Crippen molar-refractivity contribution in [3.05, 3.63) is 75.9 Å². The van der Waals surface area contributed by atoms with Crippen LogP contribution in [0.3, 0.4) is 0 Å². The normalized spacial score (nSPS) is 11.6. The average Bonchev–Trinajstić information content (AvgIpc) is 3.17. The van der Waals surface area contributed by atoms with Crippen molar-refractivity contribution >= 4 is 28.3 Å². The van der Waals surface area contributed by atoms with Crippen LogP contribution in [0.4, 0.5) is 5.13 Å². The third-order valence-corrected chi connectivity index (χ3v) is 4.41. The van der Waals surface area contributed by atoms with E-state index in [0.29, 0.717) is 5.13 Å². The van der Waals surface area contributed by atoms with Crippen LogP contribution in [0.15, 0.2) is 59.1 Å². The molecule has 0 fully saturated rings. The molecule has 3 aromatic rings. The summed E-state index contributed by atoms with van der Waals surface area (Å²) in [7, 11) is 0. The number of pyridine rings is 2. The molecule has 0 bridgehead atoms. The average molecular weight is 383 g/mol. The Labute approximate surface area is 158 Å². The van der Waals surface area contributed by atoms with Gasteiger partial charge in [-0.2, -0.15) is 0 Å². The number of rotatable bonds is 6. The van der Waals surface area contributed by atoms with Crippen molar-refractivity contribution in [2.24, 2.45) is 0 Å². The lowest BCUT2D eigenvalue weighted by Gasteiger charge is -2.14. The van der Waals surface area contributed by atoms with E-state index in [0.717, 1.165) is 5.69 Å². The fourth-order valence-corrected chi connectivity index (χ4v) is 2.92. The second-order valence-corrected chi connectivity index (χ2v) is 6.61. The Morgan fingerprint density at radius 1 is 1.19 bits per heavy atom. The van der Waals surface area contributed by atoms with Crippen LogP contribution in [-0.4, -0.2) is 26.3 Å². The molecule has 8 nitrogen and oxygen atoms in total. The van der Waals surface area contributed by atoms with Gasteiger partial charge >= 0.3 is 0 Å². The molecule has 0 aliphatic carbocycles. The van der Waals surface area contributed by atoms with Crippen LogP contribution < -0.4 is 16.2 Å². The highest BCUT2D eigenvalue weighted by atomic mass is 32.1. The van der Waals surface area contributed by atoms with Gasteiger partial charge in [0.2, 0.25) is 5.91 Å². The maximum Gasteiger partial charge on any atom is 0.253 e. The maximum absolute atomic E-state index is 12.5. The van der Waals surface area contributed by atoms with Gasteiger partial charge in [-0.1, -0.05) is 6.07 Å². The van der Waals surface area contributed by atoms with Crippen molar-refractivity contribution in [2.75, 3.05) is 5.32 Å². The molecule has 3 heterocycles. The highest BCUT2D eigenvalue weighted by molar-refractivity contribution is 7.13. The SMILES string of the molecule is C[C@@H](NC(=O)c1ccc(=O)n(CC(=O)Nc2nccs2)c1)c1ccccn1. The van der Waals surface area contributed by atoms with Crippen LogP contribution in [0.5, 0.6) is 0 Å². The second-order valence-electron chi connectivity index (χ2n) is 5.72. The minimum Gasteiger partial charge on any atom is -0.344 e. The number of hydrogen-bond donors (Lipinski definition) is 2. The van der Waals surface area contributed by atoms with Gasteiger partial charge in [0.25, 0.3) is 11.5 Å². The number of carbonyl (C=O) groups excluding carboxylic acids is 2. The number of amides is 2. The zero-order valence-electron chi connectivity index (χ0n) is 14.5. The van der Waals surface area contributed by atoms with E-state index in [1.807, 2.05) is 19.1 Å². The van der Waals surface area contributed by atoms with Gasteiger partial charge in [-0.25, -0.2) is 4.98 Å². The summed E-state index contributed by atoms with van der Waals surface area (Å²) in [4.78, 5) is 44.7. The van der Waals surface area contributed by atoms with E-state index in [9.17, 15) is 14.4 Å². The lowest BCUT2D eigenvalue weighted by Crippen LogP contribution is -2.31. The topological polar surface area (TPSA) is 106 Å². The van der Waals surface area contributed by atoms with E-state index in [-0.39, 0.29) is 29.6 Å². The van der Waals surface area contributed by atoms with Gasteiger partial charge in [0, 0.05) is 30.0 Å². The number of hydrogen-bond acceptors (Lipinski definition) is 6. The van der Waals surface area contributed by atoms with Crippen molar-refractivity contribution in [1.82, 2.24) is 19.9 Å². The van der Waals surface area contributed by atoms with E-state index in [1.165, 1.54) is 34.2 Å². The molecule has 0 aliphatic heterocycles. The van der Waals surface area contributed by atoms with Crippen LogP contribution in [0.25, 0.3) is 0 Å². The number of thiazole rings is 1. The summed E-state index contributed by atoms with van der Waals surface area (Å²) in [5, 5.41) is 7.60. The first-order chi connectivity index (χ1) is 13.0. The Balaban J connectivity index is 1.69. The fraction of sp³-hybridized carbons (Fsp3) is 0.167. The highest BCUT2D eigenvalue weighted by Gasteiger charge is 2.14. The number of carbonyl (C=O) groups is 2. The molecule has 27 heavy (non-hydrogen) atoms. The lowest BCUT2D eigenvalue weighted by molar-refractivity contribution is -0.116. The van der Waals surface area contributed by atoms with Gasteiger partial charge in [-0.05, 0) is 25.1 Å². The molecule has 2 amide bonds. The van der Waals surface area contributed by atoms with Crippen molar-refractivity contribution in [2.45, 2.75) is 19.5 Å². The third-order valence-electron chi connectivity index (χ3n) is 3.72. The van der Waals surface area contributed by atoms with E-state index < -0.39 is 5.91 Å². The van der Waals surface area contributed by atoms with Crippen molar-refractivity contribution < 1.29 is 9.59 Å². The molecule has 0 radical (unpaired) electrons. The summed E-state index contributed by atoms with van der Waals surface area (Å²) in [6, 6.07) is 7.84. The van der Waals surface area contributed by atoms with Crippen molar-refractivity contribution in [3.8, 4) is 0 Å². The van der Waals surface area contributed by atoms with Gasteiger partial charge in [0.1, 0.15) is 6.54 Å². The monoisotopic (exact) mass is 383 g/mol. The van der Waals surface area contributed by atoms with Crippen LogP contribution in [-0.2, 0) is 11.3 Å². The summed E-state index contributed by atoms with van der Waals surface area (Å²) < 4.78 is 1.18. The van der Waals surface area contributed by atoms with E-state index in [1.54, 1.807) is 23.8 Å². The predicted octanol–water partition coefficient (Wildman–Crippen LogP) is 1.83. The quantitative estimate of drug-likeness (QED) is 0.675.